The van der Waals surface area contributed by atoms with E-state index in [4.69, 9.17) is 27.6 Å². The lowest BCUT2D eigenvalue weighted by Crippen LogP contribution is -2.13. The molecule has 0 spiro atoms. The molecule has 1 N–H and O–H groups in total. The Morgan fingerprint density at radius 2 is 1.88 bits per heavy atom. The maximum absolute atomic E-state index is 12.3. The molecule has 1 amide bonds. The molecule has 0 aliphatic heterocycles. The number of nitrogens with one attached hydrogen (secondary N) is 1. The summed E-state index contributed by atoms with van der Waals surface area (Å²) in [6.45, 7) is 0. The standard InChI is InChI=1S/C16H11Cl2N3O4S/c1-26(23,24)11-4-2-3-9(7-11)14(22)19-16-21-20-15(25-16)12-6-5-10(17)8-13(12)18/h2-8H,1H3,(H,19,21,22). The van der Waals surface area contributed by atoms with Gasteiger partial charge < -0.3 is 4.42 Å². The molecule has 134 valence electrons. The molecule has 0 aliphatic rings. The second-order valence-corrected chi connectivity index (χ2v) is 8.15. The van der Waals surface area contributed by atoms with Crippen LogP contribution in [-0.2, 0) is 9.84 Å². The monoisotopic (exact) mass is 411 g/mol. The highest BCUT2D eigenvalue weighted by Crippen LogP contribution is 2.30. The van der Waals surface area contributed by atoms with Gasteiger partial charge in [-0.2, -0.15) is 0 Å². The lowest BCUT2D eigenvalue weighted by molar-refractivity contribution is 0.102. The Morgan fingerprint density at radius 3 is 2.58 bits per heavy atom. The van der Waals surface area contributed by atoms with Gasteiger partial charge in [-0.25, -0.2) is 8.42 Å². The molecule has 1 aromatic heterocycles. The van der Waals surface area contributed by atoms with Crippen molar-refractivity contribution in [3.8, 4) is 11.5 Å². The number of amides is 1. The van der Waals surface area contributed by atoms with E-state index >= 15 is 0 Å². The minimum absolute atomic E-state index is 0.0318. The zero-order valence-electron chi connectivity index (χ0n) is 13.2. The van der Waals surface area contributed by atoms with Crippen LogP contribution in [0.4, 0.5) is 6.01 Å². The minimum Gasteiger partial charge on any atom is -0.403 e. The number of hydrogen-bond donors (Lipinski definition) is 1. The summed E-state index contributed by atoms with van der Waals surface area (Å²) in [4.78, 5) is 12.3. The third-order valence-corrected chi connectivity index (χ3v) is 4.99. The van der Waals surface area contributed by atoms with Crippen LogP contribution in [0.3, 0.4) is 0 Å². The Morgan fingerprint density at radius 1 is 1.12 bits per heavy atom. The molecule has 10 heteroatoms. The fourth-order valence-electron chi connectivity index (χ4n) is 2.08. The average molecular weight is 412 g/mol. The molecule has 0 saturated heterocycles. The van der Waals surface area contributed by atoms with E-state index in [9.17, 15) is 13.2 Å². The largest absolute Gasteiger partial charge is 0.403 e. The molecule has 2 aromatic carbocycles. The Bertz CT molecular complexity index is 1100. The lowest BCUT2D eigenvalue weighted by atomic mass is 10.2. The van der Waals surface area contributed by atoms with E-state index in [0.717, 1.165) is 6.26 Å². The summed E-state index contributed by atoms with van der Waals surface area (Å²) in [5.41, 5.74) is 0.598. The summed E-state index contributed by atoms with van der Waals surface area (Å²) in [7, 11) is -3.43. The van der Waals surface area contributed by atoms with Gasteiger partial charge in [0.2, 0.25) is 0 Å². The molecule has 0 atom stereocenters. The quantitative estimate of drug-likeness (QED) is 0.701. The number of halogens is 2. The van der Waals surface area contributed by atoms with Gasteiger partial charge in [0, 0.05) is 16.8 Å². The van der Waals surface area contributed by atoms with Crippen molar-refractivity contribution < 1.29 is 17.6 Å². The third kappa shape index (κ3) is 4.04. The normalized spacial score (nSPS) is 11.3. The van der Waals surface area contributed by atoms with E-state index in [1.54, 1.807) is 12.1 Å². The third-order valence-electron chi connectivity index (χ3n) is 3.33. The van der Waals surface area contributed by atoms with Gasteiger partial charge in [-0.1, -0.05) is 34.4 Å². The molecule has 0 bridgehead atoms. The number of rotatable bonds is 4. The summed E-state index contributed by atoms with van der Waals surface area (Å²) in [6.07, 6.45) is 1.06. The van der Waals surface area contributed by atoms with Crippen molar-refractivity contribution in [2.24, 2.45) is 0 Å². The zero-order valence-corrected chi connectivity index (χ0v) is 15.6. The molecule has 3 rings (SSSR count). The predicted octanol–water partition coefficient (Wildman–Crippen LogP) is 3.70. The van der Waals surface area contributed by atoms with Crippen LogP contribution >= 0.6 is 23.2 Å². The number of sulfone groups is 1. The van der Waals surface area contributed by atoms with Gasteiger partial charge in [0.05, 0.1) is 15.5 Å². The van der Waals surface area contributed by atoms with Crippen molar-refractivity contribution in [3.63, 3.8) is 0 Å². The van der Waals surface area contributed by atoms with Gasteiger partial charge in [-0.05, 0) is 36.4 Å². The van der Waals surface area contributed by atoms with Crippen LogP contribution in [0, 0.1) is 0 Å². The van der Waals surface area contributed by atoms with Gasteiger partial charge in [-0.3, -0.25) is 10.1 Å². The molecule has 0 saturated carbocycles. The van der Waals surface area contributed by atoms with Crippen molar-refractivity contribution in [1.29, 1.82) is 0 Å². The van der Waals surface area contributed by atoms with Crippen LogP contribution in [-0.4, -0.2) is 30.8 Å². The first-order valence-electron chi connectivity index (χ1n) is 7.14. The van der Waals surface area contributed by atoms with E-state index in [1.165, 1.54) is 30.3 Å². The molecular weight excluding hydrogens is 401 g/mol. The molecule has 0 unspecified atom stereocenters. The highest BCUT2D eigenvalue weighted by atomic mass is 35.5. The van der Waals surface area contributed by atoms with Crippen molar-refractivity contribution >= 4 is 45.0 Å². The second kappa shape index (κ2) is 7.06. The van der Waals surface area contributed by atoms with Crippen molar-refractivity contribution in [1.82, 2.24) is 10.2 Å². The summed E-state index contributed by atoms with van der Waals surface area (Å²) < 4.78 is 28.6. The van der Waals surface area contributed by atoms with Crippen LogP contribution in [0.15, 0.2) is 51.8 Å². The Balaban J connectivity index is 1.82. The summed E-state index contributed by atoms with van der Waals surface area (Å²) in [5.74, 6) is -0.486. The van der Waals surface area contributed by atoms with Gasteiger partial charge in [0.1, 0.15) is 0 Å². The summed E-state index contributed by atoms with van der Waals surface area (Å²) in [6, 6.07) is 10.2. The van der Waals surface area contributed by atoms with E-state index in [0.29, 0.717) is 15.6 Å². The number of carbonyl (C=O) groups excluding carboxylic acids is 1. The Kier molecular flexibility index (Phi) is 4.99. The van der Waals surface area contributed by atoms with Crippen LogP contribution in [0.25, 0.3) is 11.5 Å². The lowest BCUT2D eigenvalue weighted by Gasteiger charge is -2.03. The average Bonchev–Trinajstić information content (AvgIpc) is 3.02. The maximum atomic E-state index is 12.3. The fraction of sp³-hybridized carbons (Fsp3) is 0.0625. The number of nitrogens with zero attached hydrogens (tertiary/aromatic N) is 2. The van der Waals surface area contributed by atoms with Crippen molar-refractivity contribution in [3.05, 3.63) is 58.1 Å². The maximum Gasteiger partial charge on any atom is 0.322 e. The molecule has 0 fully saturated rings. The molecule has 1 heterocycles. The van der Waals surface area contributed by atoms with Crippen LogP contribution in [0.2, 0.25) is 10.0 Å². The first kappa shape index (κ1) is 18.4. The number of benzene rings is 2. The summed E-state index contributed by atoms with van der Waals surface area (Å²) in [5, 5.41) is 10.8. The van der Waals surface area contributed by atoms with Crippen LogP contribution < -0.4 is 5.32 Å². The van der Waals surface area contributed by atoms with Crippen molar-refractivity contribution in [2.45, 2.75) is 4.90 Å². The number of carbonyl (C=O) groups is 1. The van der Waals surface area contributed by atoms with E-state index in [2.05, 4.69) is 15.5 Å². The molecule has 0 radical (unpaired) electrons. The molecular formula is C16H11Cl2N3O4S. The minimum atomic E-state index is -3.43. The Hall–Kier alpha value is -2.42. The van der Waals surface area contributed by atoms with Gasteiger partial charge in [0.25, 0.3) is 11.8 Å². The van der Waals surface area contributed by atoms with Crippen LogP contribution in [0.5, 0.6) is 0 Å². The van der Waals surface area contributed by atoms with Gasteiger partial charge in [-0.15, -0.1) is 5.10 Å². The van der Waals surface area contributed by atoms with Crippen LogP contribution in [0.1, 0.15) is 10.4 Å². The highest BCUT2D eigenvalue weighted by molar-refractivity contribution is 7.90. The topological polar surface area (TPSA) is 102 Å². The van der Waals surface area contributed by atoms with Gasteiger partial charge in [0.15, 0.2) is 9.84 Å². The number of aromatic nitrogens is 2. The second-order valence-electron chi connectivity index (χ2n) is 5.29. The first-order valence-corrected chi connectivity index (χ1v) is 9.79. The predicted molar refractivity (Wildman–Crippen MR) is 97.3 cm³/mol. The highest BCUT2D eigenvalue weighted by Gasteiger charge is 2.16. The van der Waals surface area contributed by atoms with E-state index in [-0.39, 0.29) is 22.4 Å². The first-order chi connectivity index (χ1) is 12.2. The van der Waals surface area contributed by atoms with E-state index in [1.807, 2.05) is 0 Å². The number of hydrogen-bond acceptors (Lipinski definition) is 6. The summed E-state index contributed by atoms with van der Waals surface area (Å²) >= 11 is 11.9. The molecule has 3 aromatic rings. The van der Waals surface area contributed by atoms with Gasteiger partial charge >= 0.3 is 6.01 Å². The smallest absolute Gasteiger partial charge is 0.322 e. The molecule has 0 aliphatic carbocycles. The number of anilines is 1. The fourth-order valence-corrected chi connectivity index (χ4v) is 3.24. The zero-order chi connectivity index (χ0) is 18.9. The Labute approximate surface area is 158 Å². The van der Waals surface area contributed by atoms with E-state index < -0.39 is 15.7 Å². The SMILES string of the molecule is CS(=O)(=O)c1cccc(C(=O)Nc2nnc(-c3ccc(Cl)cc3Cl)o2)c1. The molecule has 7 nitrogen and oxygen atoms in total. The van der Waals surface area contributed by atoms with Crippen molar-refractivity contribution in [2.75, 3.05) is 11.6 Å². The molecule has 26 heavy (non-hydrogen) atoms.